The van der Waals surface area contributed by atoms with Crippen molar-refractivity contribution in [1.82, 2.24) is 14.5 Å². The molecule has 1 aliphatic rings. The van der Waals surface area contributed by atoms with Gasteiger partial charge in [0.1, 0.15) is 11.3 Å². The third-order valence-electron chi connectivity index (χ3n) is 3.20. The Bertz CT molecular complexity index is 519. The van der Waals surface area contributed by atoms with Crippen LogP contribution in [0.1, 0.15) is 24.7 Å². The van der Waals surface area contributed by atoms with Gasteiger partial charge < -0.3 is 9.30 Å². The summed E-state index contributed by atoms with van der Waals surface area (Å²) in [6.45, 7) is 1.61. The summed E-state index contributed by atoms with van der Waals surface area (Å²) < 4.78 is 7.58. The standard InChI is InChI=1S/C12H14ClN3O/c13-8-11-15-10-2-1-5-14-12(10)16(11)9-3-6-17-7-4-9/h1-2,5,9H,3-4,6-8H2. The predicted molar refractivity (Wildman–Crippen MR) is 66.2 cm³/mol. The highest BCUT2D eigenvalue weighted by atomic mass is 35.5. The second kappa shape index (κ2) is 4.63. The average Bonchev–Trinajstić information content (AvgIpc) is 2.78. The topological polar surface area (TPSA) is 39.9 Å². The van der Waals surface area contributed by atoms with Crippen molar-refractivity contribution in [2.75, 3.05) is 13.2 Å². The molecule has 90 valence electrons. The Kier molecular flexibility index (Phi) is 2.99. The summed E-state index contributed by atoms with van der Waals surface area (Å²) in [7, 11) is 0. The molecular formula is C12H14ClN3O. The SMILES string of the molecule is ClCc1nc2cccnc2n1C1CCOCC1. The summed E-state index contributed by atoms with van der Waals surface area (Å²) in [5.41, 5.74) is 1.87. The first kappa shape index (κ1) is 11.0. The highest BCUT2D eigenvalue weighted by Crippen LogP contribution is 2.27. The average molecular weight is 252 g/mol. The van der Waals surface area contributed by atoms with E-state index < -0.39 is 0 Å². The summed E-state index contributed by atoms with van der Waals surface area (Å²) in [6.07, 6.45) is 3.82. The van der Waals surface area contributed by atoms with Gasteiger partial charge in [0.15, 0.2) is 5.65 Å². The van der Waals surface area contributed by atoms with Crippen LogP contribution in [0.25, 0.3) is 11.2 Å². The summed E-state index contributed by atoms with van der Waals surface area (Å²) >= 11 is 5.98. The number of pyridine rings is 1. The smallest absolute Gasteiger partial charge is 0.160 e. The summed E-state index contributed by atoms with van der Waals surface area (Å²) in [5.74, 6) is 1.33. The van der Waals surface area contributed by atoms with Gasteiger partial charge in [-0.3, -0.25) is 0 Å². The number of nitrogens with zero attached hydrogens (tertiary/aromatic N) is 3. The van der Waals surface area contributed by atoms with E-state index in [0.717, 1.165) is 43.0 Å². The lowest BCUT2D eigenvalue weighted by atomic mass is 10.1. The van der Waals surface area contributed by atoms with Crippen molar-refractivity contribution in [2.45, 2.75) is 24.8 Å². The molecule has 0 N–H and O–H groups in total. The number of hydrogen-bond donors (Lipinski definition) is 0. The zero-order valence-electron chi connectivity index (χ0n) is 9.47. The van der Waals surface area contributed by atoms with Crippen molar-refractivity contribution in [3.8, 4) is 0 Å². The van der Waals surface area contributed by atoms with Gasteiger partial charge in [-0.25, -0.2) is 9.97 Å². The molecule has 0 unspecified atom stereocenters. The van der Waals surface area contributed by atoms with Crippen LogP contribution in [-0.2, 0) is 10.6 Å². The number of alkyl halides is 1. The van der Waals surface area contributed by atoms with Crippen LogP contribution in [-0.4, -0.2) is 27.7 Å². The van der Waals surface area contributed by atoms with Gasteiger partial charge >= 0.3 is 0 Å². The third-order valence-corrected chi connectivity index (χ3v) is 3.44. The second-order valence-electron chi connectivity index (χ2n) is 4.22. The first-order valence-corrected chi connectivity index (χ1v) is 6.39. The molecule has 0 spiro atoms. The minimum Gasteiger partial charge on any atom is -0.381 e. The van der Waals surface area contributed by atoms with E-state index in [4.69, 9.17) is 16.3 Å². The summed E-state index contributed by atoms with van der Waals surface area (Å²) in [5, 5.41) is 0. The molecule has 0 atom stereocenters. The van der Waals surface area contributed by atoms with Gasteiger partial charge in [0.25, 0.3) is 0 Å². The van der Waals surface area contributed by atoms with E-state index in [1.807, 2.05) is 12.1 Å². The number of ether oxygens (including phenoxy) is 1. The minimum absolute atomic E-state index is 0.414. The fourth-order valence-corrected chi connectivity index (χ4v) is 2.59. The van der Waals surface area contributed by atoms with E-state index in [1.54, 1.807) is 6.20 Å². The van der Waals surface area contributed by atoms with E-state index in [0.29, 0.717) is 11.9 Å². The molecule has 1 aliphatic heterocycles. The Morgan fingerprint density at radius 1 is 1.41 bits per heavy atom. The number of rotatable bonds is 2. The Labute approximate surface area is 105 Å². The maximum Gasteiger partial charge on any atom is 0.160 e. The fraction of sp³-hybridized carbons (Fsp3) is 0.500. The Morgan fingerprint density at radius 3 is 3.00 bits per heavy atom. The number of aromatic nitrogens is 3. The monoisotopic (exact) mass is 251 g/mol. The molecular weight excluding hydrogens is 238 g/mol. The van der Waals surface area contributed by atoms with Crippen molar-refractivity contribution >= 4 is 22.8 Å². The number of fused-ring (bicyclic) bond motifs is 1. The van der Waals surface area contributed by atoms with Crippen LogP contribution in [0.4, 0.5) is 0 Å². The zero-order chi connectivity index (χ0) is 11.7. The lowest BCUT2D eigenvalue weighted by molar-refractivity contribution is 0.0699. The number of hydrogen-bond acceptors (Lipinski definition) is 3. The molecule has 5 heteroatoms. The van der Waals surface area contributed by atoms with E-state index in [-0.39, 0.29) is 0 Å². The van der Waals surface area contributed by atoms with Gasteiger partial charge in [-0.1, -0.05) is 0 Å². The van der Waals surface area contributed by atoms with E-state index in [9.17, 15) is 0 Å². The normalized spacial score (nSPS) is 17.7. The fourth-order valence-electron chi connectivity index (χ4n) is 2.40. The molecule has 0 amide bonds. The highest BCUT2D eigenvalue weighted by molar-refractivity contribution is 6.16. The van der Waals surface area contributed by atoms with Crippen molar-refractivity contribution in [3.63, 3.8) is 0 Å². The molecule has 0 saturated carbocycles. The van der Waals surface area contributed by atoms with E-state index >= 15 is 0 Å². The summed E-state index contributed by atoms with van der Waals surface area (Å²) in [4.78, 5) is 8.96. The van der Waals surface area contributed by atoms with Gasteiger partial charge in [-0.2, -0.15) is 0 Å². The second-order valence-corrected chi connectivity index (χ2v) is 4.49. The van der Waals surface area contributed by atoms with Crippen molar-refractivity contribution in [2.24, 2.45) is 0 Å². The van der Waals surface area contributed by atoms with Crippen LogP contribution in [0.15, 0.2) is 18.3 Å². The van der Waals surface area contributed by atoms with Gasteiger partial charge in [0.2, 0.25) is 0 Å². The Hall–Kier alpha value is -1.13. The number of halogens is 1. The van der Waals surface area contributed by atoms with Crippen molar-refractivity contribution in [1.29, 1.82) is 0 Å². The lowest BCUT2D eigenvalue weighted by Gasteiger charge is -2.24. The molecule has 1 saturated heterocycles. The molecule has 0 aliphatic carbocycles. The molecule has 2 aromatic heterocycles. The van der Waals surface area contributed by atoms with E-state index in [1.165, 1.54) is 0 Å². The first-order valence-electron chi connectivity index (χ1n) is 5.85. The lowest BCUT2D eigenvalue weighted by Crippen LogP contribution is -2.21. The molecule has 3 rings (SSSR count). The van der Waals surface area contributed by atoms with Gasteiger partial charge in [-0.05, 0) is 25.0 Å². The molecule has 17 heavy (non-hydrogen) atoms. The van der Waals surface area contributed by atoms with Crippen molar-refractivity contribution < 1.29 is 4.74 Å². The highest BCUT2D eigenvalue weighted by Gasteiger charge is 2.21. The zero-order valence-corrected chi connectivity index (χ0v) is 10.2. The van der Waals surface area contributed by atoms with Crippen LogP contribution in [0.3, 0.4) is 0 Å². The van der Waals surface area contributed by atoms with Gasteiger partial charge in [0.05, 0.1) is 5.88 Å². The molecule has 4 nitrogen and oxygen atoms in total. The summed E-state index contributed by atoms with van der Waals surface area (Å²) in [6, 6.07) is 4.30. The van der Waals surface area contributed by atoms with Gasteiger partial charge in [0, 0.05) is 25.5 Å². The van der Waals surface area contributed by atoms with Crippen molar-refractivity contribution in [3.05, 3.63) is 24.2 Å². The van der Waals surface area contributed by atoms with Crippen LogP contribution in [0, 0.1) is 0 Å². The molecule has 1 fully saturated rings. The van der Waals surface area contributed by atoms with E-state index in [2.05, 4.69) is 14.5 Å². The quantitative estimate of drug-likeness (QED) is 0.770. The molecule has 0 radical (unpaired) electrons. The van der Waals surface area contributed by atoms with Crippen LogP contribution < -0.4 is 0 Å². The molecule has 0 aromatic carbocycles. The first-order chi connectivity index (χ1) is 8.40. The van der Waals surface area contributed by atoms with Crippen LogP contribution in [0.2, 0.25) is 0 Å². The van der Waals surface area contributed by atoms with Crippen LogP contribution >= 0.6 is 11.6 Å². The molecule has 3 heterocycles. The maximum absolute atomic E-state index is 5.98. The number of imidazole rings is 1. The minimum atomic E-state index is 0.414. The third kappa shape index (κ3) is 1.91. The molecule has 2 aromatic rings. The Morgan fingerprint density at radius 2 is 2.24 bits per heavy atom. The predicted octanol–water partition coefficient (Wildman–Crippen LogP) is 2.52. The van der Waals surface area contributed by atoms with Gasteiger partial charge in [-0.15, -0.1) is 11.6 Å². The Balaban J connectivity index is 2.11. The maximum atomic E-state index is 5.98. The molecule has 0 bridgehead atoms. The van der Waals surface area contributed by atoms with Crippen LogP contribution in [0.5, 0.6) is 0 Å². The largest absolute Gasteiger partial charge is 0.381 e.